The summed E-state index contributed by atoms with van der Waals surface area (Å²) in [6.45, 7) is 0.909. The minimum absolute atomic E-state index is 0.0365. The summed E-state index contributed by atoms with van der Waals surface area (Å²) < 4.78 is 6.73. The summed E-state index contributed by atoms with van der Waals surface area (Å²) in [5.41, 5.74) is 5.39. The van der Waals surface area contributed by atoms with Gasteiger partial charge in [0.05, 0.1) is 13.2 Å². The Hall–Kier alpha value is -2.13. The normalized spacial score (nSPS) is 19.4. The van der Waals surface area contributed by atoms with E-state index in [1.165, 1.54) is 15.7 Å². The fourth-order valence-corrected chi connectivity index (χ4v) is 2.98. The topological polar surface area (TPSA) is 110 Å². The summed E-state index contributed by atoms with van der Waals surface area (Å²) in [5, 5.41) is 11.1. The second kappa shape index (κ2) is 4.76. The number of rotatable bonds is 3. The molecule has 0 aliphatic carbocycles. The first-order valence-electron chi connectivity index (χ1n) is 5.92. The molecule has 0 bridgehead atoms. The standard InChI is InChI=1S/C11H12N4O4S/c12-8(16)6-5-19-3-1-14(6)9-7(10(17)18)15-2-4-20-11(15)13-9/h2,4,6H,1,3,5H2,(H2,12,16)(H,17,18). The van der Waals surface area contributed by atoms with Crippen molar-refractivity contribution in [2.24, 2.45) is 5.73 Å². The van der Waals surface area contributed by atoms with Crippen molar-refractivity contribution in [1.29, 1.82) is 0 Å². The van der Waals surface area contributed by atoms with E-state index in [1.807, 2.05) is 0 Å². The molecule has 3 heterocycles. The number of nitrogens with two attached hydrogens (primary N) is 1. The number of ether oxygens (including phenoxy) is 1. The van der Waals surface area contributed by atoms with Gasteiger partial charge < -0.3 is 20.5 Å². The van der Waals surface area contributed by atoms with Crippen molar-refractivity contribution >= 4 is 34.0 Å². The van der Waals surface area contributed by atoms with Crippen molar-refractivity contribution in [3.63, 3.8) is 0 Å². The van der Waals surface area contributed by atoms with Crippen LogP contribution in [-0.4, -0.2) is 52.2 Å². The minimum atomic E-state index is -1.10. The number of hydrogen-bond acceptors (Lipinski definition) is 6. The fraction of sp³-hybridized carbons (Fsp3) is 0.364. The SMILES string of the molecule is NC(=O)C1COCCN1c1nc2sccn2c1C(=O)O. The number of hydrogen-bond donors (Lipinski definition) is 2. The number of amides is 1. The Morgan fingerprint density at radius 2 is 2.35 bits per heavy atom. The van der Waals surface area contributed by atoms with Gasteiger partial charge in [-0.25, -0.2) is 9.78 Å². The van der Waals surface area contributed by atoms with E-state index in [-0.39, 0.29) is 18.1 Å². The van der Waals surface area contributed by atoms with E-state index in [1.54, 1.807) is 16.5 Å². The lowest BCUT2D eigenvalue weighted by molar-refractivity contribution is -0.121. The van der Waals surface area contributed by atoms with Crippen LogP contribution in [0, 0.1) is 0 Å². The second-order valence-electron chi connectivity index (χ2n) is 4.33. The Morgan fingerprint density at radius 3 is 3.05 bits per heavy atom. The molecule has 1 unspecified atom stereocenters. The molecule has 0 radical (unpaired) electrons. The Morgan fingerprint density at radius 1 is 1.55 bits per heavy atom. The van der Waals surface area contributed by atoms with Gasteiger partial charge in [0.1, 0.15) is 6.04 Å². The average molecular weight is 296 g/mol. The third-order valence-corrected chi connectivity index (χ3v) is 3.93. The molecule has 1 saturated heterocycles. The third kappa shape index (κ3) is 1.91. The monoisotopic (exact) mass is 296 g/mol. The lowest BCUT2D eigenvalue weighted by atomic mass is 10.2. The maximum Gasteiger partial charge on any atom is 0.356 e. The molecule has 9 heteroatoms. The molecule has 0 aromatic carbocycles. The number of imidazole rings is 1. The first-order chi connectivity index (χ1) is 9.59. The number of aromatic nitrogens is 2. The van der Waals surface area contributed by atoms with Crippen LogP contribution in [0.4, 0.5) is 5.82 Å². The number of nitrogens with zero attached hydrogens (tertiary/aromatic N) is 3. The molecule has 1 fully saturated rings. The van der Waals surface area contributed by atoms with Gasteiger partial charge in [0.15, 0.2) is 16.5 Å². The van der Waals surface area contributed by atoms with Crippen LogP contribution in [0.15, 0.2) is 11.6 Å². The van der Waals surface area contributed by atoms with Crippen molar-refractivity contribution in [1.82, 2.24) is 9.38 Å². The van der Waals surface area contributed by atoms with Gasteiger partial charge >= 0.3 is 5.97 Å². The predicted molar refractivity (Wildman–Crippen MR) is 71.2 cm³/mol. The Balaban J connectivity index is 2.12. The number of primary amides is 1. The number of carbonyl (C=O) groups excluding carboxylic acids is 1. The van der Waals surface area contributed by atoms with E-state index in [4.69, 9.17) is 10.5 Å². The molecule has 3 rings (SSSR count). The van der Waals surface area contributed by atoms with E-state index >= 15 is 0 Å². The summed E-state index contributed by atoms with van der Waals surface area (Å²) in [4.78, 5) is 29.5. The van der Waals surface area contributed by atoms with E-state index in [0.29, 0.717) is 18.1 Å². The maximum absolute atomic E-state index is 11.5. The summed E-state index contributed by atoms with van der Waals surface area (Å²) in [6, 6.07) is -0.702. The molecule has 1 amide bonds. The summed E-state index contributed by atoms with van der Waals surface area (Å²) in [6.07, 6.45) is 1.64. The van der Waals surface area contributed by atoms with Crippen molar-refractivity contribution in [2.75, 3.05) is 24.7 Å². The van der Waals surface area contributed by atoms with E-state index in [9.17, 15) is 14.7 Å². The highest BCUT2D eigenvalue weighted by molar-refractivity contribution is 7.15. The molecular formula is C11H12N4O4S. The number of aromatic carboxylic acids is 1. The lowest BCUT2D eigenvalue weighted by Crippen LogP contribution is -2.53. The third-order valence-electron chi connectivity index (χ3n) is 3.18. The van der Waals surface area contributed by atoms with Crippen molar-refractivity contribution < 1.29 is 19.4 Å². The zero-order valence-corrected chi connectivity index (χ0v) is 11.2. The predicted octanol–water partition coefficient (Wildman–Crippen LogP) is -0.216. The average Bonchev–Trinajstić information content (AvgIpc) is 2.97. The van der Waals surface area contributed by atoms with Gasteiger partial charge in [-0.05, 0) is 0 Å². The van der Waals surface area contributed by atoms with Gasteiger partial charge in [0.2, 0.25) is 5.91 Å². The van der Waals surface area contributed by atoms with E-state index < -0.39 is 17.9 Å². The highest BCUT2D eigenvalue weighted by Gasteiger charge is 2.33. The highest BCUT2D eigenvalue weighted by Crippen LogP contribution is 2.27. The zero-order chi connectivity index (χ0) is 14.3. The van der Waals surface area contributed by atoms with Crippen LogP contribution in [0.1, 0.15) is 10.5 Å². The molecule has 8 nitrogen and oxygen atoms in total. The second-order valence-corrected chi connectivity index (χ2v) is 5.20. The summed E-state index contributed by atoms with van der Waals surface area (Å²) in [5.74, 6) is -1.39. The van der Waals surface area contributed by atoms with Gasteiger partial charge in [0.25, 0.3) is 0 Å². The lowest BCUT2D eigenvalue weighted by Gasteiger charge is -2.33. The molecule has 20 heavy (non-hydrogen) atoms. The highest BCUT2D eigenvalue weighted by atomic mass is 32.1. The number of carboxylic acid groups (broad SMARTS) is 1. The van der Waals surface area contributed by atoms with Gasteiger partial charge in [-0.3, -0.25) is 9.20 Å². The van der Waals surface area contributed by atoms with E-state index in [0.717, 1.165) is 0 Å². The van der Waals surface area contributed by atoms with Gasteiger partial charge in [-0.15, -0.1) is 11.3 Å². The van der Waals surface area contributed by atoms with Crippen LogP contribution < -0.4 is 10.6 Å². The summed E-state index contributed by atoms with van der Waals surface area (Å²) in [7, 11) is 0. The first kappa shape index (κ1) is 12.9. The molecule has 2 aromatic heterocycles. The minimum Gasteiger partial charge on any atom is -0.476 e. The molecule has 0 saturated carbocycles. The number of anilines is 1. The molecule has 1 atom stereocenters. The fourth-order valence-electron chi connectivity index (χ4n) is 2.27. The molecule has 2 aromatic rings. The van der Waals surface area contributed by atoms with E-state index in [2.05, 4.69) is 4.98 Å². The van der Waals surface area contributed by atoms with Crippen LogP contribution in [0.5, 0.6) is 0 Å². The Kier molecular flexibility index (Phi) is 3.07. The quantitative estimate of drug-likeness (QED) is 0.810. The van der Waals surface area contributed by atoms with Crippen molar-refractivity contribution in [3.8, 4) is 0 Å². The molecular weight excluding hydrogens is 284 g/mol. The van der Waals surface area contributed by atoms with Gasteiger partial charge in [-0.1, -0.05) is 0 Å². The molecule has 1 aliphatic heterocycles. The van der Waals surface area contributed by atoms with Crippen LogP contribution >= 0.6 is 11.3 Å². The van der Waals surface area contributed by atoms with Crippen molar-refractivity contribution in [3.05, 3.63) is 17.3 Å². The number of carboxylic acids is 1. The van der Waals surface area contributed by atoms with Crippen LogP contribution in [0.2, 0.25) is 0 Å². The number of thiazole rings is 1. The number of morpholine rings is 1. The number of carbonyl (C=O) groups is 2. The molecule has 3 N–H and O–H groups in total. The maximum atomic E-state index is 11.5. The first-order valence-corrected chi connectivity index (χ1v) is 6.80. The largest absolute Gasteiger partial charge is 0.476 e. The van der Waals surface area contributed by atoms with Gasteiger partial charge in [0, 0.05) is 18.1 Å². The Labute approximate surface area is 117 Å². The van der Waals surface area contributed by atoms with Crippen LogP contribution in [0.3, 0.4) is 0 Å². The Bertz CT molecular complexity index is 679. The van der Waals surface area contributed by atoms with Crippen LogP contribution in [-0.2, 0) is 9.53 Å². The van der Waals surface area contributed by atoms with Gasteiger partial charge in [-0.2, -0.15) is 0 Å². The van der Waals surface area contributed by atoms with Crippen LogP contribution in [0.25, 0.3) is 4.96 Å². The smallest absolute Gasteiger partial charge is 0.356 e. The molecule has 106 valence electrons. The summed E-state index contributed by atoms with van der Waals surface area (Å²) >= 11 is 1.33. The molecule has 0 spiro atoms. The molecule has 1 aliphatic rings. The van der Waals surface area contributed by atoms with Crippen molar-refractivity contribution in [2.45, 2.75) is 6.04 Å². The zero-order valence-electron chi connectivity index (χ0n) is 10.4. The number of fused-ring (bicyclic) bond motifs is 1.